The second-order valence-corrected chi connectivity index (χ2v) is 4.88. The van der Waals surface area contributed by atoms with E-state index < -0.39 is 0 Å². The Hall–Kier alpha value is -1.39. The molecule has 1 saturated heterocycles. The molecule has 1 aromatic carbocycles. The first-order valence-corrected chi connectivity index (χ1v) is 6.32. The van der Waals surface area contributed by atoms with Crippen LogP contribution in [0.2, 0.25) is 5.02 Å². The molecule has 0 bridgehead atoms. The molecule has 1 aliphatic rings. The van der Waals surface area contributed by atoms with E-state index in [0.29, 0.717) is 10.9 Å². The molecule has 1 N–H and O–H groups in total. The van der Waals surface area contributed by atoms with Crippen molar-refractivity contribution in [1.29, 1.82) is 0 Å². The molecule has 2 aromatic rings. The highest BCUT2D eigenvalue weighted by Crippen LogP contribution is 2.28. The number of hydrogen-bond donors (Lipinski definition) is 1. The lowest BCUT2D eigenvalue weighted by Crippen LogP contribution is -2.11. The predicted molar refractivity (Wildman–Crippen MR) is 68.8 cm³/mol. The SMILES string of the molecule is Fc1ccc(-n2cncc2C2CCNC2)c(Cl)c1. The Morgan fingerprint density at radius 1 is 1.44 bits per heavy atom. The van der Waals surface area contributed by atoms with Crippen LogP contribution in [0.5, 0.6) is 0 Å². The number of imidazole rings is 1. The number of nitrogens with zero attached hydrogens (tertiary/aromatic N) is 2. The van der Waals surface area contributed by atoms with Gasteiger partial charge in [0.1, 0.15) is 5.82 Å². The maximum absolute atomic E-state index is 13.1. The maximum Gasteiger partial charge on any atom is 0.124 e. The third-order valence-corrected chi connectivity index (χ3v) is 3.62. The van der Waals surface area contributed by atoms with Gasteiger partial charge in [0.2, 0.25) is 0 Å². The number of nitrogens with one attached hydrogen (secondary N) is 1. The molecule has 0 aliphatic carbocycles. The molecule has 3 nitrogen and oxygen atoms in total. The van der Waals surface area contributed by atoms with Crippen molar-refractivity contribution in [2.45, 2.75) is 12.3 Å². The first kappa shape index (κ1) is 11.7. The zero-order valence-electron chi connectivity index (χ0n) is 9.74. The van der Waals surface area contributed by atoms with Crippen LogP contribution in [0.4, 0.5) is 4.39 Å². The summed E-state index contributed by atoms with van der Waals surface area (Å²) in [6.45, 7) is 1.97. The van der Waals surface area contributed by atoms with Gasteiger partial charge in [-0.2, -0.15) is 0 Å². The highest BCUT2D eigenvalue weighted by Gasteiger charge is 2.21. The van der Waals surface area contributed by atoms with Crippen LogP contribution in [0.1, 0.15) is 18.0 Å². The summed E-state index contributed by atoms with van der Waals surface area (Å²) in [5.41, 5.74) is 1.89. The molecule has 18 heavy (non-hydrogen) atoms. The Labute approximate surface area is 110 Å². The zero-order valence-corrected chi connectivity index (χ0v) is 10.5. The molecule has 0 spiro atoms. The fourth-order valence-corrected chi connectivity index (χ4v) is 2.65. The van der Waals surface area contributed by atoms with E-state index >= 15 is 0 Å². The molecular weight excluding hydrogens is 253 g/mol. The summed E-state index contributed by atoms with van der Waals surface area (Å²) in [4.78, 5) is 4.19. The van der Waals surface area contributed by atoms with Crippen molar-refractivity contribution in [2.75, 3.05) is 13.1 Å². The molecule has 1 atom stereocenters. The average molecular weight is 266 g/mol. The Morgan fingerprint density at radius 3 is 3.06 bits per heavy atom. The van der Waals surface area contributed by atoms with E-state index in [4.69, 9.17) is 11.6 Å². The molecule has 0 amide bonds. The smallest absolute Gasteiger partial charge is 0.124 e. The summed E-state index contributed by atoms with van der Waals surface area (Å²) in [5, 5.41) is 3.73. The monoisotopic (exact) mass is 265 g/mol. The summed E-state index contributed by atoms with van der Waals surface area (Å²) >= 11 is 6.10. The van der Waals surface area contributed by atoms with Gasteiger partial charge in [0, 0.05) is 24.4 Å². The Balaban J connectivity index is 2.03. The van der Waals surface area contributed by atoms with E-state index in [0.717, 1.165) is 30.9 Å². The highest BCUT2D eigenvalue weighted by molar-refractivity contribution is 6.32. The largest absolute Gasteiger partial charge is 0.316 e. The van der Waals surface area contributed by atoms with Crippen LogP contribution in [0.3, 0.4) is 0 Å². The minimum atomic E-state index is -0.326. The van der Waals surface area contributed by atoms with Crippen LogP contribution >= 0.6 is 11.6 Å². The van der Waals surface area contributed by atoms with Gasteiger partial charge in [-0.3, -0.25) is 0 Å². The molecule has 5 heteroatoms. The van der Waals surface area contributed by atoms with E-state index in [9.17, 15) is 4.39 Å². The van der Waals surface area contributed by atoms with Gasteiger partial charge in [-0.15, -0.1) is 0 Å². The Morgan fingerprint density at radius 2 is 2.33 bits per heavy atom. The second kappa shape index (κ2) is 4.71. The Bertz CT molecular complexity index is 561. The van der Waals surface area contributed by atoms with Gasteiger partial charge in [0.15, 0.2) is 0 Å². The molecule has 0 radical (unpaired) electrons. The number of aromatic nitrogens is 2. The fourth-order valence-electron chi connectivity index (χ4n) is 2.39. The van der Waals surface area contributed by atoms with Gasteiger partial charge in [0.25, 0.3) is 0 Å². The van der Waals surface area contributed by atoms with Crippen molar-refractivity contribution in [3.63, 3.8) is 0 Å². The minimum absolute atomic E-state index is 0.326. The number of halogens is 2. The lowest BCUT2D eigenvalue weighted by Gasteiger charge is -2.14. The van der Waals surface area contributed by atoms with E-state index in [1.807, 2.05) is 10.8 Å². The van der Waals surface area contributed by atoms with E-state index in [1.54, 1.807) is 12.4 Å². The van der Waals surface area contributed by atoms with Crippen molar-refractivity contribution in [2.24, 2.45) is 0 Å². The lowest BCUT2D eigenvalue weighted by atomic mass is 10.1. The number of benzene rings is 1. The van der Waals surface area contributed by atoms with Crippen molar-refractivity contribution in [3.05, 3.63) is 47.3 Å². The summed E-state index contributed by atoms with van der Waals surface area (Å²) in [5.74, 6) is 0.113. The molecule has 1 aromatic heterocycles. The molecule has 1 fully saturated rings. The molecule has 1 unspecified atom stereocenters. The molecule has 0 saturated carbocycles. The van der Waals surface area contributed by atoms with Crippen LogP contribution in [-0.2, 0) is 0 Å². The third kappa shape index (κ3) is 2.02. The topological polar surface area (TPSA) is 29.9 Å². The molecule has 1 aliphatic heterocycles. The molecule has 2 heterocycles. The van der Waals surface area contributed by atoms with Crippen molar-refractivity contribution in [3.8, 4) is 5.69 Å². The summed E-state index contributed by atoms with van der Waals surface area (Å²) in [6, 6.07) is 4.43. The van der Waals surface area contributed by atoms with Crippen LogP contribution in [0, 0.1) is 5.82 Å². The third-order valence-electron chi connectivity index (χ3n) is 3.31. The maximum atomic E-state index is 13.1. The van der Waals surface area contributed by atoms with Gasteiger partial charge in [-0.1, -0.05) is 11.6 Å². The van der Waals surface area contributed by atoms with Gasteiger partial charge >= 0.3 is 0 Å². The van der Waals surface area contributed by atoms with Gasteiger partial charge in [0.05, 0.1) is 17.0 Å². The standard InChI is InChI=1S/C13H13ClFN3/c14-11-5-10(15)1-2-12(11)18-8-17-7-13(18)9-3-4-16-6-9/h1-2,5,7-9,16H,3-4,6H2. The molecule has 3 rings (SSSR count). The minimum Gasteiger partial charge on any atom is -0.316 e. The van der Waals surface area contributed by atoms with E-state index in [1.165, 1.54) is 12.1 Å². The van der Waals surface area contributed by atoms with Crippen LogP contribution in [-0.4, -0.2) is 22.6 Å². The summed E-state index contributed by atoms with van der Waals surface area (Å²) in [7, 11) is 0. The van der Waals surface area contributed by atoms with E-state index in [-0.39, 0.29) is 5.82 Å². The molecular formula is C13H13ClFN3. The van der Waals surface area contributed by atoms with Crippen molar-refractivity contribution < 1.29 is 4.39 Å². The predicted octanol–water partition coefficient (Wildman–Crippen LogP) is 2.74. The fraction of sp³-hybridized carbons (Fsp3) is 0.308. The van der Waals surface area contributed by atoms with Crippen molar-refractivity contribution in [1.82, 2.24) is 14.9 Å². The summed E-state index contributed by atoms with van der Waals surface area (Å²) < 4.78 is 15.0. The normalized spacial score (nSPS) is 19.3. The van der Waals surface area contributed by atoms with Crippen LogP contribution in [0.25, 0.3) is 5.69 Å². The van der Waals surface area contributed by atoms with Crippen molar-refractivity contribution >= 4 is 11.6 Å². The van der Waals surface area contributed by atoms with Crippen LogP contribution in [0.15, 0.2) is 30.7 Å². The quantitative estimate of drug-likeness (QED) is 0.905. The number of rotatable bonds is 2. The number of hydrogen-bond acceptors (Lipinski definition) is 2. The Kier molecular flexibility index (Phi) is 3.06. The van der Waals surface area contributed by atoms with Gasteiger partial charge < -0.3 is 9.88 Å². The second-order valence-electron chi connectivity index (χ2n) is 4.47. The van der Waals surface area contributed by atoms with E-state index in [2.05, 4.69) is 10.3 Å². The first-order chi connectivity index (χ1) is 8.75. The summed E-state index contributed by atoms with van der Waals surface area (Å²) in [6.07, 6.45) is 4.68. The van der Waals surface area contributed by atoms with Crippen LogP contribution < -0.4 is 5.32 Å². The molecule has 94 valence electrons. The zero-order chi connectivity index (χ0) is 12.5. The van der Waals surface area contributed by atoms with Gasteiger partial charge in [-0.25, -0.2) is 9.37 Å². The first-order valence-electron chi connectivity index (χ1n) is 5.94. The lowest BCUT2D eigenvalue weighted by molar-refractivity contribution is 0.627. The van der Waals surface area contributed by atoms with Gasteiger partial charge in [-0.05, 0) is 31.2 Å². The average Bonchev–Trinajstić information content (AvgIpc) is 2.98. The highest BCUT2D eigenvalue weighted by atomic mass is 35.5.